The summed E-state index contributed by atoms with van der Waals surface area (Å²) in [5.41, 5.74) is 2.58. The van der Waals surface area contributed by atoms with Gasteiger partial charge in [0.1, 0.15) is 5.78 Å². The van der Waals surface area contributed by atoms with Gasteiger partial charge in [-0.25, -0.2) is 0 Å². The third-order valence-electron chi connectivity index (χ3n) is 6.95. The quantitative estimate of drug-likeness (QED) is 0.373. The van der Waals surface area contributed by atoms with Gasteiger partial charge in [0.05, 0.1) is 0 Å². The zero-order valence-electron chi connectivity index (χ0n) is 27.4. The smallest absolute Gasteiger partial charge is 0.253 e. The molecule has 0 aromatic rings. The normalized spacial score (nSPS) is 24.7. The lowest BCUT2D eigenvalue weighted by atomic mass is 9.82. The number of rotatable bonds is 1. The topological polar surface area (TPSA) is 108 Å². The summed E-state index contributed by atoms with van der Waals surface area (Å²) in [7, 11) is 0. The molecular weight excluding hydrogens is 516 g/mol. The van der Waals surface area contributed by atoms with Crippen LogP contribution in [0.1, 0.15) is 108 Å². The maximum Gasteiger partial charge on any atom is 0.253 e. The summed E-state index contributed by atoms with van der Waals surface area (Å²) in [6.07, 6.45) is 3.60. The van der Waals surface area contributed by atoms with E-state index in [-0.39, 0.29) is 45.4 Å². The maximum atomic E-state index is 11.5. The summed E-state index contributed by atoms with van der Waals surface area (Å²) in [6, 6.07) is 0. The number of nitrogens with one attached hydrogen (secondary N) is 3. The second-order valence-corrected chi connectivity index (χ2v) is 15.0. The Labute approximate surface area is 248 Å². The Balaban J connectivity index is 0.000000275. The number of ketones is 1. The van der Waals surface area contributed by atoms with E-state index in [1.165, 1.54) is 0 Å². The number of carbonyl (C=O) groups excluding carboxylic acids is 4. The summed E-state index contributed by atoms with van der Waals surface area (Å²) >= 11 is 0. The highest BCUT2D eigenvalue weighted by atomic mass is 16.2. The Morgan fingerprint density at radius 1 is 0.610 bits per heavy atom. The van der Waals surface area contributed by atoms with Crippen molar-refractivity contribution in [1.29, 1.82) is 0 Å². The first-order valence-electron chi connectivity index (χ1n) is 14.2. The fourth-order valence-corrected chi connectivity index (χ4v) is 5.96. The average molecular weight is 571 g/mol. The van der Waals surface area contributed by atoms with E-state index in [1.807, 2.05) is 48.5 Å². The van der Waals surface area contributed by atoms with E-state index in [0.717, 1.165) is 25.0 Å². The summed E-state index contributed by atoms with van der Waals surface area (Å²) in [5, 5.41) is 9.05. The molecule has 4 aliphatic rings. The van der Waals surface area contributed by atoms with Crippen molar-refractivity contribution >= 4 is 23.5 Å². The van der Waals surface area contributed by atoms with Crippen molar-refractivity contribution in [1.82, 2.24) is 20.9 Å². The first-order valence-corrected chi connectivity index (χ1v) is 14.2. The van der Waals surface area contributed by atoms with Crippen LogP contribution in [0.2, 0.25) is 0 Å². The lowest BCUT2D eigenvalue weighted by molar-refractivity contribution is -0.126. The molecule has 4 rings (SSSR count). The molecule has 4 heterocycles. The molecule has 0 aromatic carbocycles. The van der Waals surface area contributed by atoms with Crippen LogP contribution in [0.3, 0.4) is 0 Å². The van der Waals surface area contributed by atoms with E-state index in [0.29, 0.717) is 35.3 Å². The van der Waals surface area contributed by atoms with Crippen LogP contribution in [0.15, 0.2) is 48.7 Å². The number of allylic oxidation sites excluding steroid dienone is 1. The van der Waals surface area contributed by atoms with E-state index in [1.54, 1.807) is 4.90 Å². The number of nitrogens with zero attached hydrogens (tertiary/aromatic N) is 1. The largest absolute Gasteiger partial charge is 0.347 e. The molecule has 0 aromatic heterocycles. The minimum absolute atomic E-state index is 0.000000000000000222. The van der Waals surface area contributed by atoms with E-state index in [2.05, 4.69) is 70.0 Å². The van der Waals surface area contributed by atoms with Gasteiger partial charge in [-0.05, 0) is 89.0 Å². The standard InChI is InChI=1S/C10H15NO.C9H17NO.2C7H11NO/c1-7(2)11-9(12)8(3)6-10(11,4)5;1-8(2)5-7(11)6-9(3,4)10-8;2*1-5-4-7(2,3)8-6(5)9/h1,3,6H2,2,4-5H3;10H,5-6H2,1-4H3;2*1,4H2,2-3H3,(H,8,9). The molecule has 230 valence electrons. The number of hydrogen-bond donors (Lipinski definition) is 3. The number of hydrogen-bond acceptors (Lipinski definition) is 5. The Morgan fingerprint density at radius 3 is 1.12 bits per heavy atom. The highest BCUT2D eigenvalue weighted by Gasteiger charge is 2.40. The highest BCUT2D eigenvalue weighted by molar-refractivity contribution is 5.97. The molecule has 4 aliphatic heterocycles. The Bertz CT molecular complexity index is 1040. The van der Waals surface area contributed by atoms with Crippen molar-refractivity contribution in [3.63, 3.8) is 0 Å². The number of amides is 3. The van der Waals surface area contributed by atoms with E-state index in [9.17, 15) is 19.2 Å². The minimum Gasteiger partial charge on any atom is -0.347 e. The molecule has 0 atom stereocenters. The van der Waals surface area contributed by atoms with Crippen molar-refractivity contribution in [3.8, 4) is 0 Å². The molecule has 0 bridgehead atoms. The molecule has 0 radical (unpaired) electrons. The molecule has 4 saturated heterocycles. The third kappa shape index (κ3) is 11.1. The van der Waals surface area contributed by atoms with Crippen LogP contribution in [-0.4, -0.2) is 56.1 Å². The summed E-state index contributed by atoms with van der Waals surface area (Å²) in [6.45, 7) is 36.9. The summed E-state index contributed by atoms with van der Waals surface area (Å²) in [5.74, 6) is 0.395. The van der Waals surface area contributed by atoms with Crippen LogP contribution in [-0.2, 0) is 19.2 Å². The van der Waals surface area contributed by atoms with E-state index in [4.69, 9.17) is 0 Å². The van der Waals surface area contributed by atoms with Crippen molar-refractivity contribution in [2.45, 2.75) is 136 Å². The Morgan fingerprint density at radius 2 is 0.976 bits per heavy atom. The van der Waals surface area contributed by atoms with Gasteiger partial charge in [-0.2, -0.15) is 0 Å². The molecule has 0 saturated carbocycles. The average Bonchev–Trinajstić information content (AvgIpc) is 3.17. The maximum absolute atomic E-state index is 11.5. The van der Waals surface area contributed by atoms with Crippen molar-refractivity contribution < 1.29 is 19.2 Å². The fraction of sp³-hybridized carbons (Fsp3) is 0.636. The zero-order chi connectivity index (χ0) is 32.4. The first kappa shape index (κ1) is 36.0. The van der Waals surface area contributed by atoms with Crippen LogP contribution in [0.5, 0.6) is 0 Å². The lowest BCUT2D eigenvalue weighted by Gasteiger charge is -2.41. The van der Waals surface area contributed by atoms with Gasteiger partial charge >= 0.3 is 0 Å². The van der Waals surface area contributed by atoms with Gasteiger partial charge in [-0.1, -0.05) is 26.3 Å². The van der Waals surface area contributed by atoms with Crippen LogP contribution < -0.4 is 16.0 Å². The molecule has 3 N–H and O–H groups in total. The van der Waals surface area contributed by atoms with E-state index >= 15 is 0 Å². The summed E-state index contributed by atoms with van der Waals surface area (Å²) in [4.78, 5) is 46.1. The fourth-order valence-electron chi connectivity index (χ4n) is 5.96. The number of Topliss-reactive ketones (excluding diaryl/α,β-unsaturated/α-hetero) is 1. The zero-order valence-corrected chi connectivity index (χ0v) is 27.4. The molecule has 8 heteroatoms. The second kappa shape index (κ2) is 12.5. The third-order valence-corrected chi connectivity index (χ3v) is 6.95. The first-order chi connectivity index (χ1) is 18.2. The predicted octanol–water partition coefficient (Wildman–Crippen LogP) is 5.27. The molecule has 0 unspecified atom stereocenters. The number of carbonyl (C=O) groups is 4. The number of likely N-dealkylation sites (tertiary alicyclic amines) is 1. The van der Waals surface area contributed by atoms with Gasteiger partial charge < -0.3 is 20.9 Å². The molecule has 3 amide bonds. The monoisotopic (exact) mass is 570 g/mol. The SMILES string of the molecule is C=C1CC(C)(C)N(C(=C)C)C1=O.C=C1CC(C)(C)NC1=O.C=C1CC(C)(C)NC1=O.CC1(C)CC(=O)CC(C)(C)N1. The molecule has 41 heavy (non-hydrogen) atoms. The summed E-state index contributed by atoms with van der Waals surface area (Å²) < 4.78 is 0. The molecule has 0 spiro atoms. The molecule has 0 aliphatic carbocycles. The predicted molar refractivity (Wildman–Crippen MR) is 167 cm³/mol. The van der Waals surface area contributed by atoms with Gasteiger partial charge in [-0.15, -0.1) is 0 Å². The highest BCUT2D eigenvalue weighted by Crippen LogP contribution is 2.34. The van der Waals surface area contributed by atoms with Crippen LogP contribution in [0.4, 0.5) is 0 Å². The van der Waals surface area contributed by atoms with Gasteiger partial charge in [0.2, 0.25) is 11.8 Å². The van der Waals surface area contributed by atoms with Gasteiger partial charge in [0, 0.05) is 69.4 Å². The van der Waals surface area contributed by atoms with E-state index < -0.39 is 0 Å². The van der Waals surface area contributed by atoms with Crippen LogP contribution in [0.25, 0.3) is 0 Å². The second-order valence-electron chi connectivity index (χ2n) is 15.0. The van der Waals surface area contributed by atoms with Crippen molar-refractivity contribution in [2.75, 3.05) is 0 Å². The van der Waals surface area contributed by atoms with Crippen molar-refractivity contribution in [3.05, 3.63) is 48.7 Å². The Hall–Kier alpha value is -3.00. The Kier molecular flexibility index (Phi) is 11.0. The van der Waals surface area contributed by atoms with Gasteiger partial charge in [0.25, 0.3) is 5.91 Å². The minimum atomic E-state index is -0.139. The van der Waals surface area contributed by atoms with Gasteiger partial charge in [-0.3, -0.25) is 19.2 Å². The van der Waals surface area contributed by atoms with Crippen LogP contribution >= 0.6 is 0 Å². The lowest BCUT2D eigenvalue weighted by Crippen LogP contribution is -2.58. The van der Waals surface area contributed by atoms with Crippen molar-refractivity contribution in [2.24, 2.45) is 0 Å². The molecular formula is C33H54N4O4. The number of piperidine rings is 1. The van der Waals surface area contributed by atoms with Crippen LogP contribution in [0, 0.1) is 0 Å². The van der Waals surface area contributed by atoms with Gasteiger partial charge in [0.15, 0.2) is 0 Å². The molecule has 8 nitrogen and oxygen atoms in total. The molecule has 4 fully saturated rings.